The fourth-order valence-electron chi connectivity index (χ4n) is 3.98. The molecular formula is C15H16F2N2O3. The molecule has 5 nitrogen and oxygen atoms in total. The Morgan fingerprint density at radius 3 is 2.68 bits per heavy atom. The molecule has 4 unspecified atom stereocenters. The maximum absolute atomic E-state index is 13.0. The van der Waals surface area contributed by atoms with Crippen LogP contribution in [0.15, 0.2) is 18.2 Å². The fraction of sp³-hybridized carbons (Fsp3) is 0.533. The molecule has 4 atom stereocenters. The molecule has 3 aliphatic rings. The maximum atomic E-state index is 13.0. The molecule has 1 aromatic rings. The predicted octanol–water partition coefficient (Wildman–Crippen LogP) is 2.32. The predicted molar refractivity (Wildman–Crippen MR) is 73.6 cm³/mol. The number of halogens is 2. The summed E-state index contributed by atoms with van der Waals surface area (Å²) in [6.45, 7) is 0. The Kier molecular flexibility index (Phi) is 2.84. The largest absolute Gasteiger partial charge is 0.586 e. The van der Waals surface area contributed by atoms with Crippen molar-refractivity contribution < 1.29 is 23.0 Å². The summed E-state index contributed by atoms with van der Waals surface area (Å²) in [4.78, 5) is 12.4. The van der Waals surface area contributed by atoms with Crippen molar-refractivity contribution in [2.24, 2.45) is 23.5 Å². The molecule has 1 heterocycles. The molecule has 7 heteroatoms. The van der Waals surface area contributed by atoms with Crippen LogP contribution in [0.25, 0.3) is 0 Å². The van der Waals surface area contributed by atoms with E-state index in [9.17, 15) is 13.6 Å². The zero-order chi connectivity index (χ0) is 15.5. The minimum Gasteiger partial charge on any atom is -0.395 e. The molecular weight excluding hydrogens is 294 g/mol. The molecule has 22 heavy (non-hydrogen) atoms. The van der Waals surface area contributed by atoms with E-state index < -0.39 is 6.29 Å². The van der Waals surface area contributed by atoms with E-state index in [1.165, 1.54) is 18.2 Å². The minimum atomic E-state index is -3.65. The third-order valence-electron chi connectivity index (χ3n) is 4.95. The number of carbonyl (C=O) groups is 1. The molecule has 1 amide bonds. The molecule has 1 aliphatic heterocycles. The second kappa shape index (κ2) is 4.55. The number of nitrogens with two attached hydrogens (primary N) is 1. The molecule has 0 aromatic heterocycles. The number of fused-ring (bicyclic) bond motifs is 3. The van der Waals surface area contributed by atoms with Crippen molar-refractivity contribution >= 4 is 11.6 Å². The molecule has 2 aliphatic carbocycles. The second-order valence-corrected chi connectivity index (χ2v) is 6.25. The van der Waals surface area contributed by atoms with Gasteiger partial charge >= 0.3 is 6.29 Å². The van der Waals surface area contributed by atoms with Crippen LogP contribution in [-0.2, 0) is 4.79 Å². The number of ether oxygens (including phenoxy) is 2. The zero-order valence-electron chi connectivity index (χ0n) is 11.7. The highest BCUT2D eigenvalue weighted by molar-refractivity contribution is 5.94. The molecule has 1 aromatic carbocycles. The van der Waals surface area contributed by atoms with Gasteiger partial charge in [0.15, 0.2) is 11.5 Å². The van der Waals surface area contributed by atoms with E-state index >= 15 is 0 Å². The monoisotopic (exact) mass is 310 g/mol. The lowest BCUT2D eigenvalue weighted by molar-refractivity contribution is -0.286. The highest BCUT2D eigenvalue weighted by Crippen LogP contribution is 2.48. The van der Waals surface area contributed by atoms with E-state index in [-0.39, 0.29) is 29.4 Å². The summed E-state index contributed by atoms with van der Waals surface area (Å²) in [5, 5.41) is 2.76. The average molecular weight is 310 g/mol. The van der Waals surface area contributed by atoms with Gasteiger partial charge in [-0.05, 0) is 43.2 Å². The van der Waals surface area contributed by atoms with Crippen LogP contribution >= 0.6 is 0 Å². The van der Waals surface area contributed by atoms with Gasteiger partial charge in [-0.2, -0.15) is 0 Å². The number of amides is 1. The van der Waals surface area contributed by atoms with Crippen molar-refractivity contribution in [3.8, 4) is 11.5 Å². The fourth-order valence-corrected chi connectivity index (χ4v) is 3.98. The Balaban J connectivity index is 1.49. The van der Waals surface area contributed by atoms with Gasteiger partial charge in [0.25, 0.3) is 0 Å². The molecule has 2 fully saturated rings. The van der Waals surface area contributed by atoms with Crippen LogP contribution < -0.4 is 20.5 Å². The number of carbonyl (C=O) groups excluding carboxylic acids is 1. The lowest BCUT2D eigenvalue weighted by Crippen LogP contribution is -2.42. The molecule has 2 bridgehead atoms. The topological polar surface area (TPSA) is 73.6 Å². The lowest BCUT2D eigenvalue weighted by atomic mass is 9.84. The normalized spacial score (nSPS) is 34.0. The summed E-state index contributed by atoms with van der Waals surface area (Å²) in [7, 11) is 0. The molecule has 0 spiro atoms. The van der Waals surface area contributed by atoms with E-state index in [4.69, 9.17) is 5.73 Å². The summed E-state index contributed by atoms with van der Waals surface area (Å²) < 4.78 is 34.7. The Labute approximate surface area is 125 Å². The van der Waals surface area contributed by atoms with Crippen LogP contribution in [0.2, 0.25) is 0 Å². The van der Waals surface area contributed by atoms with Gasteiger partial charge in [0.2, 0.25) is 5.91 Å². The van der Waals surface area contributed by atoms with Crippen molar-refractivity contribution in [1.29, 1.82) is 0 Å². The minimum absolute atomic E-state index is 0.0420. The first-order valence-electron chi connectivity index (χ1n) is 7.39. The average Bonchev–Trinajstić information content (AvgIpc) is 3.08. The quantitative estimate of drug-likeness (QED) is 0.879. The third-order valence-corrected chi connectivity index (χ3v) is 4.95. The van der Waals surface area contributed by atoms with E-state index in [1.807, 2.05) is 0 Å². The maximum Gasteiger partial charge on any atom is 0.586 e. The van der Waals surface area contributed by atoms with Gasteiger partial charge in [0.1, 0.15) is 0 Å². The lowest BCUT2D eigenvalue weighted by Gasteiger charge is -2.27. The van der Waals surface area contributed by atoms with Crippen molar-refractivity contribution in [3.05, 3.63) is 18.2 Å². The van der Waals surface area contributed by atoms with Crippen molar-refractivity contribution in [2.75, 3.05) is 5.32 Å². The van der Waals surface area contributed by atoms with Crippen LogP contribution in [0.4, 0.5) is 14.5 Å². The number of hydrogen-bond donors (Lipinski definition) is 2. The highest BCUT2D eigenvalue weighted by Gasteiger charge is 2.49. The van der Waals surface area contributed by atoms with E-state index in [2.05, 4.69) is 14.8 Å². The number of nitrogens with one attached hydrogen (secondary N) is 1. The van der Waals surface area contributed by atoms with Gasteiger partial charge in [0, 0.05) is 17.8 Å². The molecule has 0 saturated heterocycles. The van der Waals surface area contributed by atoms with E-state index in [1.54, 1.807) is 0 Å². The summed E-state index contributed by atoms with van der Waals surface area (Å²) in [5.74, 6) is 0.283. The first-order valence-corrected chi connectivity index (χ1v) is 7.39. The molecule has 118 valence electrons. The van der Waals surface area contributed by atoms with Crippen molar-refractivity contribution in [1.82, 2.24) is 0 Å². The van der Waals surface area contributed by atoms with Crippen LogP contribution in [0.1, 0.15) is 19.3 Å². The Bertz CT molecular complexity index is 635. The molecule has 0 radical (unpaired) electrons. The van der Waals surface area contributed by atoms with Gasteiger partial charge in [-0.15, -0.1) is 8.78 Å². The Morgan fingerprint density at radius 1 is 1.23 bits per heavy atom. The summed E-state index contributed by atoms with van der Waals surface area (Å²) >= 11 is 0. The Hall–Kier alpha value is -1.89. The van der Waals surface area contributed by atoms with E-state index in [0.717, 1.165) is 19.3 Å². The van der Waals surface area contributed by atoms with Gasteiger partial charge in [-0.3, -0.25) is 4.79 Å². The number of benzene rings is 1. The standard InChI is InChI=1S/C15H16F2N2O3/c16-15(17)21-10-4-3-9(6-11(10)22-15)19-14(20)12-7-1-2-8(5-7)13(12)18/h3-4,6-8,12-13H,1-2,5,18H2,(H,19,20). The van der Waals surface area contributed by atoms with Crippen LogP contribution in [-0.4, -0.2) is 18.2 Å². The zero-order valence-corrected chi connectivity index (χ0v) is 11.7. The number of anilines is 1. The summed E-state index contributed by atoms with van der Waals surface area (Å²) in [6.07, 6.45) is -0.525. The molecule has 3 N–H and O–H groups in total. The SMILES string of the molecule is NC1C2CCC(C2)C1C(=O)Nc1ccc2c(c1)OC(F)(F)O2. The smallest absolute Gasteiger partial charge is 0.395 e. The number of alkyl halides is 2. The van der Waals surface area contributed by atoms with Crippen LogP contribution in [0.5, 0.6) is 11.5 Å². The van der Waals surface area contributed by atoms with Gasteiger partial charge in [-0.25, -0.2) is 0 Å². The first kappa shape index (κ1) is 13.8. The van der Waals surface area contributed by atoms with Crippen LogP contribution in [0.3, 0.4) is 0 Å². The van der Waals surface area contributed by atoms with E-state index in [0.29, 0.717) is 17.5 Å². The number of hydrogen-bond acceptors (Lipinski definition) is 4. The van der Waals surface area contributed by atoms with Crippen LogP contribution in [0, 0.1) is 17.8 Å². The number of rotatable bonds is 2. The van der Waals surface area contributed by atoms with Crippen molar-refractivity contribution in [2.45, 2.75) is 31.6 Å². The van der Waals surface area contributed by atoms with Gasteiger partial charge < -0.3 is 20.5 Å². The molecule has 4 rings (SSSR count). The van der Waals surface area contributed by atoms with Gasteiger partial charge in [-0.1, -0.05) is 0 Å². The summed E-state index contributed by atoms with van der Waals surface area (Å²) in [6, 6.07) is 4.09. The third kappa shape index (κ3) is 2.11. The van der Waals surface area contributed by atoms with Crippen molar-refractivity contribution in [3.63, 3.8) is 0 Å². The second-order valence-electron chi connectivity index (χ2n) is 6.25. The Morgan fingerprint density at radius 2 is 1.95 bits per heavy atom. The highest BCUT2D eigenvalue weighted by atomic mass is 19.3. The first-order chi connectivity index (χ1) is 10.4. The van der Waals surface area contributed by atoms with Gasteiger partial charge in [0.05, 0.1) is 5.92 Å². The molecule has 2 saturated carbocycles. The summed E-state index contributed by atoms with van der Waals surface area (Å²) in [5.41, 5.74) is 6.54.